The first-order valence-corrected chi connectivity index (χ1v) is 9.44. The number of halogens is 3. The minimum atomic E-state index is -0.313. The Hall–Kier alpha value is -1.41. The minimum absolute atomic E-state index is 0.173. The maximum absolute atomic E-state index is 12.6. The van der Waals surface area contributed by atoms with Gasteiger partial charge in [0.15, 0.2) is 5.11 Å². The predicted octanol–water partition coefficient (Wildman–Crippen LogP) is 5.88. The van der Waals surface area contributed by atoms with Gasteiger partial charge < -0.3 is 5.32 Å². The molecule has 0 aliphatic rings. The molecule has 0 atom stereocenters. The van der Waals surface area contributed by atoms with Crippen LogP contribution in [0.1, 0.15) is 10.4 Å². The van der Waals surface area contributed by atoms with Crippen molar-refractivity contribution in [3.05, 3.63) is 73.8 Å². The van der Waals surface area contributed by atoms with Crippen molar-refractivity contribution in [2.24, 2.45) is 0 Å². The average molecular weight is 501 g/mol. The van der Waals surface area contributed by atoms with Crippen LogP contribution in [0.25, 0.3) is 10.8 Å². The van der Waals surface area contributed by atoms with Crippen LogP contribution in [0.15, 0.2) is 54.6 Å². The molecule has 3 rings (SSSR count). The number of nitrogens with one attached hydrogen (secondary N) is 2. The van der Waals surface area contributed by atoms with E-state index in [2.05, 4.69) is 33.2 Å². The number of carbonyl (C=O) groups excluding carboxylic acids is 1. The van der Waals surface area contributed by atoms with Gasteiger partial charge in [-0.05, 0) is 70.5 Å². The lowest BCUT2D eigenvalue weighted by Gasteiger charge is -2.12. The zero-order chi connectivity index (χ0) is 18.0. The van der Waals surface area contributed by atoms with Crippen molar-refractivity contribution in [2.75, 3.05) is 5.32 Å². The molecule has 126 valence electrons. The molecular formula is C18H11Cl2IN2OS. The van der Waals surface area contributed by atoms with E-state index in [9.17, 15) is 4.79 Å². The molecule has 0 radical (unpaired) electrons. The Kier molecular flexibility index (Phi) is 5.78. The zero-order valence-corrected chi connectivity index (χ0v) is 17.1. The first-order chi connectivity index (χ1) is 12.0. The lowest BCUT2D eigenvalue weighted by Crippen LogP contribution is -2.34. The number of anilines is 1. The first-order valence-electron chi connectivity index (χ1n) is 7.20. The molecule has 0 aliphatic carbocycles. The Balaban J connectivity index is 1.80. The maximum Gasteiger partial charge on any atom is 0.258 e. The SMILES string of the molecule is O=C(NC(=S)Nc1ccc(I)cc1Cl)c1cccc2c(Cl)cccc12. The molecular weight excluding hydrogens is 490 g/mol. The van der Waals surface area contributed by atoms with Gasteiger partial charge in [0.2, 0.25) is 0 Å². The van der Waals surface area contributed by atoms with E-state index in [4.69, 9.17) is 35.4 Å². The summed E-state index contributed by atoms with van der Waals surface area (Å²) in [4.78, 5) is 12.6. The number of amides is 1. The Labute approximate surface area is 173 Å². The van der Waals surface area contributed by atoms with Crippen molar-refractivity contribution in [1.82, 2.24) is 5.32 Å². The number of hydrogen-bond donors (Lipinski definition) is 2. The van der Waals surface area contributed by atoms with Gasteiger partial charge in [0.05, 0.1) is 10.7 Å². The van der Waals surface area contributed by atoms with E-state index >= 15 is 0 Å². The summed E-state index contributed by atoms with van der Waals surface area (Å²) in [6, 6.07) is 16.3. The molecule has 0 aromatic heterocycles. The van der Waals surface area contributed by atoms with Crippen molar-refractivity contribution >= 4 is 85.5 Å². The highest BCUT2D eigenvalue weighted by Gasteiger charge is 2.13. The standard InChI is InChI=1S/C18H11Cl2IN2OS/c19-14-6-2-3-11-12(14)4-1-5-13(11)17(24)23-18(25)22-16-8-7-10(21)9-15(16)20/h1-9H,(H2,22,23,24,25). The third-order valence-corrected chi connectivity index (χ3v) is 5.04. The second-order valence-corrected chi connectivity index (χ2v) is 7.64. The predicted molar refractivity (Wildman–Crippen MR) is 117 cm³/mol. The summed E-state index contributed by atoms with van der Waals surface area (Å²) in [6.45, 7) is 0. The number of hydrogen-bond acceptors (Lipinski definition) is 2. The molecule has 7 heteroatoms. The van der Waals surface area contributed by atoms with Gasteiger partial charge in [0.1, 0.15) is 0 Å². The molecule has 0 spiro atoms. The van der Waals surface area contributed by atoms with Crippen LogP contribution in [0.2, 0.25) is 10.0 Å². The highest BCUT2D eigenvalue weighted by atomic mass is 127. The zero-order valence-electron chi connectivity index (χ0n) is 12.6. The van der Waals surface area contributed by atoms with Crippen molar-refractivity contribution in [1.29, 1.82) is 0 Å². The van der Waals surface area contributed by atoms with E-state index in [1.165, 1.54) is 0 Å². The van der Waals surface area contributed by atoms with Gasteiger partial charge in [-0.25, -0.2) is 0 Å². The highest BCUT2D eigenvalue weighted by Crippen LogP contribution is 2.26. The monoisotopic (exact) mass is 500 g/mol. The van der Waals surface area contributed by atoms with Crippen LogP contribution in [-0.4, -0.2) is 11.0 Å². The van der Waals surface area contributed by atoms with E-state index in [1.807, 2.05) is 30.3 Å². The summed E-state index contributed by atoms with van der Waals surface area (Å²) in [5, 5.41) is 8.49. The molecule has 3 aromatic carbocycles. The maximum atomic E-state index is 12.6. The van der Waals surface area contributed by atoms with E-state index in [-0.39, 0.29) is 11.0 Å². The van der Waals surface area contributed by atoms with Gasteiger partial charge in [-0.3, -0.25) is 10.1 Å². The quantitative estimate of drug-likeness (QED) is 0.341. The Bertz CT molecular complexity index is 994. The summed E-state index contributed by atoms with van der Waals surface area (Å²) in [6.07, 6.45) is 0. The van der Waals surface area contributed by atoms with Crippen LogP contribution in [0.5, 0.6) is 0 Å². The van der Waals surface area contributed by atoms with Crippen molar-refractivity contribution in [3.63, 3.8) is 0 Å². The van der Waals surface area contributed by atoms with Crippen LogP contribution in [0.3, 0.4) is 0 Å². The average Bonchev–Trinajstić information content (AvgIpc) is 2.57. The van der Waals surface area contributed by atoms with Gasteiger partial charge in [0.25, 0.3) is 5.91 Å². The number of rotatable bonds is 2. The molecule has 25 heavy (non-hydrogen) atoms. The molecule has 1 amide bonds. The first kappa shape index (κ1) is 18.4. The Morgan fingerprint density at radius 3 is 2.44 bits per heavy atom. The number of benzene rings is 3. The molecule has 0 unspecified atom stereocenters. The topological polar surface area (TPSA) is 41.1 Å². The number of carbonyl (C=O) groups is 1. The van der Waals surface area contributed by atoms with Gasteiger partial charge in [-0.15, -0.1) is 0 Å². The third kappa shape index (κ3) is 4.23. The molecule has 2 N–H and O–H groups in total. The fourth-order valence-electron chi connectivity index (χ4n) is 2.38. The molecule has 0 saturated heterocycles. The van der Waals surface area contributed by atoms with Crippen LogP contribution >= 0.6 is 58.0 Å². The van der Waals surface area contributed by atoms with Crippen molar-refractivity contribution in [3.8, 4) is 0 Å². The summed E-state index contributed by atoms with van der Waals surface area (Å²) >= 11 is 19.8. The van der Waals surface area contributed by atoms with E-state index in [0.29, 0.717) is 21.3 Å². The lowest BCUT2D eigenvalue weighted by atomic mass is 10.0. The van der Waals surface area contributed by atoms with Crippen LogP contribution in [0, 0.1) is 3.57 Å². The molecule has 0 heterocycles. The van der Waals surface area contributed by atoms with Gasteiger partial charge in [-0.2, -0.15) is 0 Å². The summed E-state index contributed by atoms with van der Waals surface area (Å²) in [7, 11) is 0. The Morgan fingerprint density at radius 2 is 1.68 bits per heavy atom. The summed E-state index contributed by atoms with van der Waals surface area (Å²) in [5.74, 6) is -0.313. The van der Waals surface area contributed by atoms with Crippen molar-refractivity contribution < 1.29 is 4.79 Å². The van der Waals surface area contributed by atoms with E-state index < -0.39 is 0 Å². The Morgan fingerprint density at radius 1 is 0.960 bits per heavy atom. The highest BCUT2D eigenvalue weighted by molar-refractivity contribution is 14.1. The summed E-state index contributed by atoms with van der Waals surface area (Å²) in [5.41, 5.74) is 1.13. The molecule has 0 bridgehead atoms. The molecule has 0 aliphatic heterocycles. The lowest BCUT2D eigenvalue weighted by molar-refractivity contribution is 0.0979. The van der Waals surface area contributed by atoms with Crippen molar-refractivity contribution in [2.45, 2.75) is 0 Å². The third-order valence-electron chi connectivity index (χ3n) is 3.52. The van der Waals surface area contributed by atoms with Crippen LogP contribution < -0.4 is 10.6 Å². The smallest absolute Gasteiger partial charge is 0.258 e. The summed E-state index contributed by atoms with van der Waals surface area (Å²) < 4.78 is 1.01. The number of fused-ring (bicyclic) bond motifs is 1. The minimum Gasteiger partial charge on any atom is -0.331 e. The van der Waals surface area contributed by atoms with Crippen LogP contribution in [0.4, 0.5) is 5.69 Å². The van der Waals surface area contributed by atoms with Crippen LogP contribution in [-0.2, 0) is 0 Å². The molecule has 3 nitrogen and oxygen atoms in total. The molecule has 0 fully saturated rings. The fraction of sp³-hybridized carbons (Fsp3) is 0. The second-order valence-electron chi connectivity index (χ2n) is 5.17. The number of thiocarbonyl (C=S) groups is 1. The van der Waals surface area contributed by atoms with Gasteiger partial charge in [-0.1, -0.05) is 47.5 Å². The largest absolute Gasteiger partial charge is 0.331 e. The normalized spacial score (nSPS) is 10.5. The van der Waals surface area contributed by atoms with E-state index in [0.717, 1.165) is 14.3 Å². The van der Waals surface area contributed by atoms with Gasteiger partial charge >= 0.3 is 0 Å². The molecule has 3 aromatic rings. The van der Waals surface area contributed by atoms with Gasteiger partial charge in [0, 0.05) is 19.5 Å². The van der Waals surface area contributed by atoms with E-state index in [1.54, 1.807) is 24.3 Å². The fourth-order valence-corrected chi connectivity index (χ4v) is 3.73. The molecule has 0 saturated carbocycles. The second kappa shape index (κ2) is 7.86.